The summed E-state index contributed by atoms with van der Waals surface area (Å²) in [6, 6.07) is 16.5. The molecule has 4 rings (SSSR count). The molecule has 3 amide bonds. The van der Waals surface area contributed by atoms with E-state index in [4.69, 9.17) is 15.2 Å². The molecule has 1 aliphatic heterocycles. The van der Waals surface area contributed by atoms with E-state index < -0.39 is 17.7 Å². The Morgan fingerprint density at radius 3 is 2.60 bits per heavy atom. The van der Waals surface area contributed by atoms with Gasteiger partial charge in [0.25, 0.3) is 0 Å². The molecule has 11 nitrogen and oxygen atoms in total. The summed E-state index contributed by atoms with van der Waals surface area (Å²) in [7, 11) is 0. The minimum Gasteiger partial charge on any atom is -0.485 e. The van der Waals surface area contributed by atoms with Gasteiger partial charge in [-0.05, 0) is 49.9 Å². The van der Waals surface area contributed by atoms with Crippen LogP contribution in [0.3, 0.4) is 0 Å². The molecule has 1 unspecified atom stereocenters. The summed E-state index contributed by atoms with van der Waals surface area (Å²) in [5, 5.41) is 9.09. The Bertz CT molecular complexity index is 1510. The summed E-state index contributed by atoms with van der Waals surface area (Å²) in [6.07, 6.45) is 0.847. The van der Waals surface area contributed by atoms with Gasteiger partial charge in [0.2, 0.25) is 18.1 Å². The second kappa shape index (κ2) is 14.2. The zero-order valence-corrected chi connectivity index (χ0v) is 25.1. The summed E-state index contributed by atoms with van der Waals surface area (Å²) < 4.78 is 11.8. The Labute approximate surface area is 254 Å². The van der Waals surface area contributed by atoms with E-state index >= 15 is 0 Å². The SMILES string of the molecule is CC(C)(C)OC(C[C@@H](C=O)N(C=O)c1ccc(C2NCCS2)cc1C(=O)COc1cccc2ccccc12)=NNC(N)=O. The van der Waals surface area contributed by atoms with E-state index in [1.54, 1.807) is 50.7 Å². The molecule has 0 saturated carbocycles. The minimum absolute atomic E-state index is 0.0226. The van der Waals surface area contributed by atoms with Crippen LogP contribution in [0.5, 0.6) is 5.75 Å². The lowest BCUT2D eigenvalue weighted by molar-refractivity contribution is -0.113. The number of amides is 3. The zero-order chi connectivity index (χ0) is 31.0. The summed E-state index contributed by atoms with van der Waals surface area (Å²) in [5.74, 6) is 1.07. The largest absolute Gasteiger partial charge is 0.485 e. The average Bonchev–Trinajstić information content (AvgIpc) is 3.53. The van der Waals surface area contributed by atoms with Crippen LogP contribution in [-0.2, 0) is 14.3 Å². The molecule has 3 aromatic rings. The molecule has 3 aromatic carbocycles. The maximum atomic E-state index is 13.8. The molecule has 1 aliphatic rings. The minimum atomic E-state index is -1.12. The zero-order valence-electron chi connectivity index (χ0n) is 24.2. The number of ether oxygens (including phenoxy) is 2. The highest BCUT2D eigenvalue weighted by Gasteiger charge is 2.29. The second-order valence-corrected chi connectivity index (χ2v) is 12.0. The summed E-state index contributed by atoms with van der Waals surface area (Å²) in [4.78, 5) is 51.1. The van der Waals surface area contributed by atoms with Gasteiger partial charge in [-0.15, -0.1) is 16.9 Å². The molecule has 226 valence electrons. The van der Waals surface area contributed by atoms with Crippen LogP contribution in [0.2, 0.25) is 0 Å². The van der Waals surface area contributed by atoms with Gasteiger partial charge in [0, 0.05) is 23.2 Å². The number of Topliss-reactive ketones (excluding diaryl/α,β-unsaturated/α-hetero) is 1. The number of hydrazone groups is 1. The van der Waals surface area contributed by atoms with Crippen molar-refractivity contribution in [3.05, 3.63) is 71.8 Å². The predicted molar refractivity (Wildman–Crippen MR) is 167 cm³/mol. The lowest BCUT2D eigenvalue weighted by Gasteiger charge is -2.29. The molecule has 1 saturated heterocycles. The number of hydrogen-bond donors (Lipinski definition) is 3. The Hall–Kier alpha value is -4.42. The van der Waals surface area contributed by atoms with Crippen LogP contribution in [-0.4, -0.2) is 61.0 Å². The first kappa shape index (κ1) is 31.5. The van der Waals surface area contributed by atoms with E-state index in [9.17, 15) is 19.2 Å². The molecule has 0 radical (unpaired) electrons. The average molecular weight is 606 g/mol. The molecule has 1 fully saturated rings. The van der Waals surface area contributed by atoms with Gasteiger partial charge < -0.3 is 30.2 Å². The molecular formula is C31H35N5O6S. The Kier molecular flexibility index (Phi) is 10.4. The number of benzene rings is 3. The molecule has 0 aliphatic carbocycles. The maximum absolute atomic E-state index is 13.8. The van der Waals surface area contributed by atoms with Gasteiger partial charge in [-0.3, -0.25) is 9.59 Å². The summed E-state index contributed by atoms with van der Waals surface area (Å²) in [6.45, 7) is 5.83. The van der Waals surface area contributed by atoms with Crippen LogP contribution in [0.1, 0.15) is 48.5 Å². The number of carbonyl (C=O) groups is 4. The van der Waals surface area contributed by atoms with Gasteiger partial charge >= 0.3 is 6.03 Å². The molecule has 12 heteroatoms. The molecule has 0 bridgehead atoms. The van der Waals surface area contributed by atoms with Crippen molar-refractivity contribution in [2.24, 2.45) is 10.8 Å². The van der Waals surface area contributed by atoms with Crippen LogP contribution in [0.4, 0.5) is 10.5 Å². The maximum Gasteiger partial charge on any atom is 0.332 e. The third-order valence-corrected chi connectivity index (χ3v) is 7.67. The fourth-order valence-electron chi connectivity index (χ4n) is 4.63. The van der Waals surface area contributed by atoms with Gasteiger partial charge in [0.1, 0.15) is 23.7 Å². The number of carbonyl (C=O) groups excluding carboxylic acids is 4. The van der Waals surface area contributed by atoms with Crippen LogP contribution in [0.15, 0.2) is 65.8 Å². The number of nitrogens with zero attached hydrogens (tertiary/aromatic N) is 2. The van der Waals surface area contributed by atoms with Crippen molar-refractivity contribution >= 4 is 58.6 Å². The van der Waals surface area contributed by atoms with Crippen molar-refractivity contribution in [2.75, 3.05) is 23.8 Å². The molecular weight excluding hydrogens is 570 g/mol. The molecule has 0 spiro atoms. The molecule has 2 atom stereocenters. The van der Waals surface area contributed by atoms with Crippen molar-refractivity contribution in [1.82, 2.24) is 10.7 Å². The number of primary amides is 1. The number of hydrogen-bond acceptors (Lipinski definition) is 9. The number of thioether (sulfide) groups is 1. The molecule has 43 heavy (non-hydrogen) atoms. The summed E-state index contributed by atoms with van der Waals surface area (Å²) in [5.41, 5.74) is 7.84. The van der Waals surface area contributed by atoms with E-state index in [2.05, 4.69) is 15.8 Å². The van der Waals surface area contributed by atoms with Crippen molar-refractivity contribution in [3.63, 3.8) is 0 Å². The van der Waals surface area contributed by atoms with E-state index in [1.165, 1.54) is 0 Å². The number of aldehydes is 1. The van der Waals surface area contributed by atoms with E-state index in [0.29, 0.717) is 18.4 Å². The Morgan fingerprint density at radius 1 is 1.16 bits per heavy atom. The van der Waals surface area contributed by atoms with Crippen molar-refractivity contribution in [3.8, 4) is 5.75 Å². The van der Waals surface area contributed by atoms with E-state index in [1.807, 2.05) is 42.5 Å². The molecule has 4 N–H and O–H groups in total. The van der Waals surface area contributed by atoms with Crippen LogP contribution >= 0.6 is 11.8 Å². The number of ketones is 1. The number of fused-ring (bicyclic) bond motifs is 1. The van der Waals surface area contributed by atoms with Gasteiger partial charge in [0.15, 0.2) is 6.61 Å². The topological polar surface area (TPSA) is 152 Å². The number of rotatable bonds is 12. The number of urea groups is 1. The standard InChI is InChI=1S/C31H35N5O6S/c1-31(2,3)42-28(34-35-30(32)40)16-22(17-37)36(19-38)25-12-11-21(29-33-13-14-43-29)15-24(25)26(39)18-41-27-10-6-8-20-7-4-5-9-23(20)27/h4-12,15,17,19,22,29,33H,13-14,16,18H2,1-3H3,(H3,32,35,40)/t22-,29?/m0/s1. The van der Waals surface area contributed by atoms with Crippen LogP contribution in [0.25, 0.3) is 10.8 Å². The predicted octanol–water partition coefficient (Wildman–Crippen LogP) is 4.15. The second-order valence-electron chi connectivity index (χ2n) is 10.8. The van der Waals surface area contributed by atoms with Crippen molar-refractivity contribution in [2.45, 2.75) is 44.2 Å². The highest BCUT2D eigenvalue weighted by Crippen LogP contribution is 2.34. The fourth-order valence-corrected chi connectivity index (χ4v) is 5.68. The first-order valence-electron chi connectivity index (χ1n) is 13.7. The third kappa shape index (κ3) is 8.33. The van der Waals surface area contributed by atoms with Crippen molar-refractivity contribution < 1.29 is 28.7 Å². The lowest BCUT2D eigenvalue weighted by Crippen LogP contribution is -2.40. The quantitative estimate of drug-likeness (QED) is 0.0915. The summed E-state index contributed by atoms with van der Waals surface area (Å²) >= 11 is 1.71. The first-order valence-corrected chi connectivity index (χ1v) is 14.8. The first-order chi connectivity index (χ1) is 20.6. The van der Waals surface area contributed by atoms with E-state index in [0.717, 1.165) is 33.5 Å². The smallest absolute Gasteiger partial charge is 0.332 e. The fraction of sp³-hybridized carbons (Fsp3) is 0.323. The Morgan fingerprint density at radius 2 is 1.93 bits per heavy atom. The normalized spacial score (nSPS) is 15.9. The van der Waals surface area contributed by atoms with Crippen LogP contribution in [0, 0.1) is 0 Å². The highest BCUT2D eigenvalue weighted by molar-refractivity contribution is 7.99. The van der Waals surface area contributed by atoms with Gasteiger partial charge in [-0.25, -0.2) is 10.2 Å². The Balaban J connectivity index is 1.67. The van der Waals surface area contributed by atoms with Gasteiger partial charge in [-0.2, -0.15) is 0 Å². The number of nitrogens with two attached hydrogens (primary N) is 1. The highest BCUT2D eigenvalue weighted by atomic mass is 32.2. The number of nitrogens with one attached hydrogen (secondary N) is 2. The van der Waals surface area contributed by atoms with Gasteiger partial charge in [-0.1, -0.05) is 42.5 Å². The lowest BCUT2D eigenvalue weighted by atomic mass is 10.0. The van der Waals surface area contributed by atoms with Crippen LogP contribution < -0.4 is 26.1 Å². The third-order valence-electron chi connectivity index (χ3n) is 6.45. The molecule has 1 heterocycles. The monoisotopic (exact) mass is 605 g/mol. The van der Waals surface area contributed by atoms with Crippen molar-refractivity contribution in [1.29, 1.82) is 0 Å². The number of anilines is 1. The van der Waals surface area contributed by atoms with Gasteiger partial charge in [0.05, 0.1) is 17.5 Å². The van der Waals surface area contributed by atoms with E-state index in [-0.39, 0.29) is 41.3 Å². The molecule has 0 aromatic heterocycles.